The van der Waals surface area contributed by atoms with Crippen LogP contribution >= 0.6 is 23.4 Å². The van der Waals surface area contributed by atoms with Gasteiger partial charge in [0.25, 0.3) is 5.91 Å². The Labute approximate surface area is 118 Å². The summed E-state index contributed by atoms with van der Waals surface area (Å²) < 4.78 is 0. The van der Waals surface area contributed by atoms with Gasteiger partial charge in [-0.15, -0.1) is 22.0 Å². The maximum Gasteiger partial charge on any atom is 0.257 e. The highest BCUT2D eigenvalue weighted by molar-refractivity contribution is 7.98. The summed E-state index contributed by atoms with van der Waals surface area (Å²) in [4.78, 5) is 13.3. The van der Waals surface area contributed by atoms with Gasteiger partial charge in [-0.1, -0.05) is 11.6 Å². The quantitative estimate of drug-likeness (QED) is 0.363. The lowest BCUT2D eigenvalue weighted by molar-refractivity contribution is -0.122. The number of benzene rings is 1. The van der Waals surface area contributed by atoms with Crippen LogP contribution in [0.3, 0.4) is 0 Å². The molecule has 1 heterocycles. The number of rotatable bonds is 5. The van der Waals surface area contributed by atoms with Crippen LogP contribution in [0.4, 0.5) is 0 Å². The average Bonchev–Trinajstić information content (AvgIpc) is 2.85. The minimum Gasteiger partial charge on any atom is -0.293 e. The summed E-state index contributed by atoms with van der Waals surface area (Å²) >= 11 is 7.36. The fourth-order valence-electron chi connectivity index (χ4n) is 1.25. The normalized spacial score (nSPS) is 10.4. The molecule has 1 aromatic heterocycles. The second-order valence-electron chi connectivity index (χ2n) is 3.55. The molecule has 0 aliphatic carbocycles. The number of tetrazole rings is 1. The second-order valence-corrected chi connectivity index (χ2v) is 5.03. The molecule has 0 aliphatic rings. The SMILES string of the molecule is NNC(=O)Cn1nnc(CSc2ccc(Cl)cc2)n1. The molecule has 19 heavy (non-hydrogen) atoms. The first kappa shape index (κ1) is 13.8. The zero-order valence-corrected chi connectivity index (χ0v) is 11.4. The highest BCUT2D eigenvalue weighted by Crippen LogP contribution is 2.22. The number of aromatic nitrogens is 4. The van der Waals surface area contributed by atoms with Gasteiger partial charge in [-0.2, -0.15) is 4.80 Å². The average molecular weight is 299 g/mol. The number of carbonyl (C=O) groups is 1. The zero-order chi connectivity index (χ0) is 13.7. The Hall–Kier alpha value is -1.64. The Morgan fingerprint density at radius 3 is 2.84 bits per heavy atom. The van der Waals surface area contributed by atoms with Gasteiger partial charge in [0.15, 0.2) is 5.82 Å². The van der Waals surface area contributed by atoms with Crippen molar-refractivity contribution in [2.45, 2.75) is 17.2 Å². The van der Waals surface area contributed by atoms with E-state index in [2.05, 4.69) is 15.4 Å². The van der Waals surface area contributed by atoms with Crippen LogP contribution in [0.2, 0.25) is 5.02 Å². The number of carbonyl (C=O) groups excluding carboxylic acids is 1. The number of thioether (sulfide) groups is 1. The third kappa shape index (κ3) is 4.19. The van der Waals surface area contributed by atoms with Gasteiger partial charge >= 0.3 is 0 Å². The van der Waals surface area contributed by atoms with E-state index in [0.29, 0.717) is 16.6 Å². The third-order valence-electron chi connectivity index (χ3n) is 2.12. The maximum absolute atomic E-state index is 11.0. The van der Waals surface area contributed by atoms with Crippen molar-refractivity contribution in [1.82, 2.24) is 25.6 Å². The fourth-order valence-corrected chi connectivity index (χ4v) is 2.12. The topological polar surface area (TPSA) is 98.7 Å². The van der Waals surface area contributed by atoms with E-state index in [1.165, 1.54) is 4.80 Å². The maximum atomic E-state index is 11.0. The summed E-state index contributed by atoms with van der Waals surface area (Å²) in [7, 11) is 0. The first-order chi connectivity index (χ1) is 9.17. The Balaban J connectivity index is 1.89. The Morgan fingerprint density at radius 1 is 1.42 bits per heavy atom. The number of hydrogen-bond donors (Lipinski definition) is 2. The van der Waals surface area contributed by atoms with Crippen molar-refractivity contribution in [2.24, 2.45) is 5.84 Å². The van der Waals surface area contributed by atoms with Crippen LogP contribution in [0, 0.1) is 0 Å². The van der Waals surface area contributed by atoms with Crippen molar-refractivity contribution < 1.29 is 4.79 Å². The van der Waals surface area contributed by atoms with E-state index < -0.39 is 0 Å². The van der Waals surface area contributed by atoms with E-state index in [1.807, 2.05) is 29.7 Å². The highest BCUT2D eigenvalue weighted by Gasteiger charge is 2.06. The number of halogens is 1. The monoisotopic (exact) mass is 298 g/mol. The van der Waals surface area contributed by atoms with E-state index in [0.717, 1.165) is 4.90 Å². The molecule has 7 nitrogen and oxygen atoms in total. The smallest absolute Gasteiger partial charge is 0.257 e. The largest absolute Gasteiger partial charge is 0.293 e. The van der Waals surface area contributed by atoms with Gasteiger partial charge in [0, 0.05) is 9.92 Å². The molecule has 0 saturated carbocycles. The van der Waals surface area contributed by atoms with Gasteiger partial charge < -0.3 is 0 Å². The van der Waals surface area contributed by atoms with Crippen LogP contribution in [0.1, 0.15) is 5.82 Å². The van der Waals surface area contributed by atoms with E-state index >= 15 is 0 Å². The lowest BCUT2D eigenvalue weighted by atomic mass is 10.4. The van der Waals surface area contributed by atoms with Gasteiger partial charge in [-0.25, -0.2) is 5.84 Å². The van der Waals surface area contributed by atoms with Crippen LogP contribution in [-0.2, 0) is 17.1 Å². The predicted molar refractivity (Wildman–Crippen MR) is 71.2 cm³/mol. The molecular formula is C10H11ClN6OS. The second kappa shape index (κ2) is 6.50. The van der Waals surface area contributed by atoms with Gasteiger partial charge in [-0.3, -0.25) is 10.2 Å². The zero-order valence-electron chi connectivity index (χ0n) is 9.78. The van der Waals surface area contributed by atoms with Crippen molar-refractivity contribution in [3.63, 3.8) is 0 Å². The van der Waals surface area contributed by atoms with Crippen LogP contribution in [-0.4, -0.2) is 26.1 Å². The molecule has 9 heteroatoms. The lowest BCUT2D eigenvalue weighted by Crippen LogP contribution is -2.33. The van der Waals surface area contributed by atoms with Crippen molar-refractivity contribution in [2.75, 3.05) is 0 Å². The molecule has 1 aromatic carbocycles. The van der Waals surface area contributed by atoms with Crippen molar-refractivity contribution in [1.29, 1.82) is 0 Å². The number of nitrogens with zero attached hydrogens (tertiary/aromatic N) is 4. The van der Waals surface area contributed by atoms with Crippen molar-refractivity contribution in [3.8, 4) is 0 Å². The molecule has 2 aromatic rings. The van der Waals surface area contributed by atoms with E-state index in [4.69, 9.17) is 17.4 Å². The number of hydrogen-bond acceptors (Lipinski definition) is 6. The molecule has 1 amide bonds. The van der Waals surface area contributed by atoms with Gasteiger partial charge in [0.1, 0.15) is 6.54 Å². The van der Waals surface area contributed by atoms with Crippen LogP contribution in [0.5, 0.6) is 0 Å². The first-order valence-corrected chi connectivity index (χ1v) is 6.68. The Bertz CT molecular complexity index is 557. The molecule has 100 valence electrons. The summed E-state index contributed by atoms with van der Waals surface area (Å²) in [5.41, 5.74) is 2.00. The van der Waals surface area contributed by atoms with E-state index in [-0.39, 0.29) is 12.5 Å². The van der Waals surface area contributed by atoms with E-state index in [9.17, 15) is 4.79 Å². The first-order valence-electron chi connectivity index (χ1n) is 5.32. The molecule has 0 fully saturated rings. The van der Waals surface area contributed by atoms with Gasteiger partial charge in [0.05, 0.1) is 5.75 Å². The Kier molecular flexibility index (Phi) is 4.72. The summed E-state index contributed by atoms with van der Waals surface area (Å²) in [5.74, 6) is 5.70. The molecule has 3 N–H and O–H groups in total. The van der Waals surface area contributed by atoms with Gasteiger partial charge in [0.2, 0.25) is 0 Å². The molecule has 0 bridgehead atoms. The number of nitrogens with one attached hydrogen (secondary N) is 1. The minimum absolute atomic E-state index is 0.0465. The molecule has 0 atom stereocenters. The number of nitrogens with two attached hydrogens (primary N) is 1. The van der Waals surface area contributed by atoms with Gasteiger partial charge in [-0.05, 0) is 29.5 Å². The van der Waals surface area contributed by atoms with E-state index in [1.54, 1.807) is 11.8 Å². The van der Waals surface area contributed by atoms with Crippen LogP contribution in [0.15, 0.2) is 29.2 Å². The number of amides is 1. The summed E-state index contributed by atoms with van der Waals surface area (Å²) in [6, 6.07) is 7.47. The molecule has 0 spiro atoms. The molecule has 0 saturated heterocycles. The molecule has 0 unspecified atom stereocenters. The summed E-state index contributed by atoms with van der Waals surface area (Å²) in [5, 5.41) is 12.4. The number of hydrazine groups is 1. The highest BCUT2D eigenvalue weighted by atomic mass is 35.5. The predicted octanol–water partition coefficient (Wildman–Crippen LogP) is 0.609. The fraction of sp³-hybridized carbons (Fsp3) is 0.200. The Morgan fingerprint density at radius 2 is 2.16 bits per heavy atom. The molecular weight excluding hydrogens is 288 g/mol. The standard InChI is InChI=1S/C10H11ClN6OS/c11-7-1-3-8(4-2-7)19-6-9-14-16-17(15-9)5-10(18)13-12/h1-4H,5-6,12H2,(H,13,18). The summed E-state index contributed by atoms with van der Waals surface area (Å²) in [6.45, 7) is -0.0465. The van der Waals surface area contributed by atoms with Crippen LogP contribution < -0.4 is 11.3 Å². The van der Waals surface area contributed by atoms with Crippen molar-refractivity contribution >= 4 is 29.3 Å². The van der Waals surface area contributed by atoms with Crippen LogP contribution in [0.25, 0.3) is 0 Å². The lowest BCUT2D eigenvalue weighted by Gasteiger charge is -1.98. The third-order valence-corrected chi connectivity index (χ3v) is 3.38. The molecule has 0 aliphatic heterocycles. The molecule has 0 radical (unpaired) electrons. The summed E-state index contributed by atoms with van der Waals surface area (Å²) in [6.07, 6.45) is 0. The minimum atomic E-state index is -0.380. The molecule has 2 rings (SSSR count). The van der Waals surface area contributed by atoms with Crippen molar-refractivity contribution in [3.05, 3.63) is 35.1 Å².